The van der Waals surface area contributed by atoms with Gasteiger partial charge in [-0.05, 0) is 0 Å². The fraction of sp³-hybridized carbons (Fsp3) is 0. The zero-order valence-corrected chi connectivity index (χ0v) is 13.5. The molecule has 0 aromatic heterocycles. The van der Waals surface area contributed by atoms with Crippen LogP contribution in [0.25, 0.3) is 0 Å². The second kappa shape index (κ2) is 29.8. The van der Waals surface area contributed by atoms with Crippen molar-refractivity contribution in [3.05, 3.63) is 7.43 Å². The van der Waals surface area contributed by atoms with Crippen LogP contribution in [0.3, 0.4) is 0 Å². The molecule has 0 saturated heterocycles. The van der Waals surface area contributed by atoms with Gasteiger partial charge in [0.1, 0.15) is 0 Å². The molecule has 0 saturated carbocycles. The maximum Gasteiger partial charge on any atom is 4.00 e. The van der Waals surface area contributed by atoms with Crippen molar-refractivity contribution in [2.24, 2.45) is 0 Å². The fourth-order valence-corrected chi connectivity index (χ4v) is 0. The van der Waals surface area contributed by atoms with Gasteiger partial charge in [0.25, 0.3) is 0 Å². The molecule has 0 aliphatic rings. The molecular formula is CO12Si4Ti. The van der Waals surface area contributed by atoms with Crippen LogP contribution in [0.2, 0.25) is 0 Å². The summed E-state index contributed by atoms with van der Waals surface area (Å²) in [5.41, 5.74) is 0. The summed E-state index contributed by atoms with van der Waals surface area (Å²) in [6, 6.07) is 0. The number of hydrogen-bond donors (Lipinski definition) is 0. The van der Waals surface area contributed by atoms with E-state index in [9.17, 15) is 0 Å². The molecule has 0 aliphatic heterocycles. The van der Waals surface area contributed by atoms with Crippen LogP contribution in [-0.4, -0.2) is 36.7 Å². The molecule has 0 unspecified atom stereocenters. The molecule has 17 heteroatoms. The van der Waals surface area contributed by atoms with Crippen LogP contribution in [0.5, 0.6) is 0 Å². The molecule has 0 heterocycles. The van der Waals surface area contributed by atoms with E-state index in [1.54, 1.807) is 0 Å². The predicted octanol–water partition coefficient (Wildman–Crippen LogP) is -11.4. The molecule has 0 aliphatic carbocycles. The third-order valence-electron chi connectivity index (χ3n) is 0. The van der Waals surface area contributed by atoms with E-state index in [1.807, 2.05) is 0 Å². The first-order valence-corrected chi connectivity index (χ1v) is 7.35. The van der Waals surface area contributed by atoms with E-state index in [4.69, 9.17) is 56.2 Å². The van der Waals surface area contributed by atoms with E-state index < -0.39 is 36.7 Å². The van der Waals surface area contributed by atoms with Crippen LogP contribution in [-0.2, 0) is 39.6 Å². The maximum atomic E-state index is 8.52. The Morgan fingerprint density at radius 3 is 0.444 bits per heavy atom. The smallest absolute Gasteiger partial charge is 0.672 e. The minimum absolute atomic E-state index is 0. The van der Waals surface area contributed by atoms with Crippen molar-refractivity contribution in [3.63, 3.8) is 0 Å². The molecular weight excluding hydrogens is 364 g/mol. The van der Waals surface area contributed by atoms with Gasteiger partial charge >= 0.3 is 29.1 Å². The Morgan fingerprint density at radius 2 is 0.444 bits per heavy atom. The Kier molecular flexibility index (Phi) is 59.6. The molecule has 18 heavy (non-hydrogen) atoms. The van der Waals surface area contributed by atoms with Crippen molar-refractivity contribution in [1.29, 1.82) is 0 Å². The summed E-state index contributed by atoms with van der Waals surface area (Å²) in [6.45, 7) is 0. The molecule has 0 rings (SSSR count). The van der Waals surface area contributed by atoms with E-state index in [0.717, 1.165) is 0 Å². The van der Waals surface area contributed by atoms with Crippen LogP contribution in [0.1, 0.15) is 0 Å². The summed E-state index contributed by atoms with van der Waals surface area (Å²) < 4.78 is 34.1. The molecule has 0 fully saturated rings. The van der Waals surface area contributed by atoms with E-state index in [-0.39, 0.29) is 29.1 Å². The van der Waals surface area contributed by atoms with Crippen LogP contribution in [0.4, 0.5) is 0 Å². The molecule has 0 amide bonds. The second-order valence-corrected chi connectivity index (χ2v) is 3.00. The normalized spacial score (nSPS) is 5.33. The Bertz CT molecular complexity index is 164. The van der Waals surface area contributed by atoms with E-state index in [0.29, 0.717) is 0 Å². The summed E-state index contributed by atoms with van der Waals surface area (Å²) in [6.07, 6.45) is 0. The monoisotopic (exact) mass is 364 g/mol. The molecule has 0 atom stereocenters. The zero-order chi connectivity index (χ0) is 14.3. The first kappa shape index (κ1) is 36.0. The van der Waals surface area contributed by atoms with Gasteiger partial charge in [-0.3, -0.25) is 0 Å². The topological polar surface area (TPSA) is 253 Å². The molecule has 12 nitrogen and oxygen atoms in total. The van der Waals surface area contributed by atoms with Gasteiger partial charge in [-0.1, -0.05) is 0 Å². The summed E-state index contributed by atoms with van der Waals surface area (Å²) in [5.74, 6) is 0. The Morgan fingerprint density at radius 1 is 0.444 bits per heavy atom. The Balaban J connectivity index is -0.0000000257. The minimum atomic E-state index is -3.63. The predicted molar refractivity (Wildman–Crippen MR) is 29.0 cm³/mol. The molecule has 0 N–H and O–H groups in total. The van der Waals surface area contributed by atoms with Crippen molar-refractivity contribution in [3.8, 4) is 0 Å². The first-order valence-electron chi connectivity index (χ1n) is 2.45. The van der Waals surface area contributed by atoms with Gasteiger partial charge in [0.05, 0.1) is 0 Å². The minimum Gasteiger partial charge on any atom is -0.672 e. The second-order valence-electron chi connectivity index (χ2n) is 1.00. The average molecular weight is 364 g/mol. The molecule has 96 valence electrons. The van der Waals surface area contributed by atoms with Crippen molar-refractivity contribution >= 4 is 36.7 Å². The maximum absolute atomic E-state index is 8.52. The van der Waals surface area contributed by atoms with Gasteiger partial charge in [0.2, 0.25) is 0 Å². The fourth-order valence-electron chi connectivity index (χ4n) is 0. The summed E-state index contributed by atoms with van der Waals surface area (Å²) in [7, 11) is -14.5. The molecule has 0 aromatic carbocycles. The summed E-state index contributed by atoms with van der Waals surface area (Å²) in [5, 5.41) is 0. The largest absolute Gasteiger partial charge is 4.00 e. The summed E-state index contributed by atoms with van der Waals surface area (Å²) >= 11 is 0. The third-order valence-corrected chi connectivity index (χ3v) is 0. The van der Waals surface area contributed by atoms with Gasteiger partial charge in [-0.25, -0.2) is 0 Å². The van der Waals surface area contributed by atoms with Crippen molar-refractivity contribution in [1.82, 2.24) is 0 Å². The van der Waals surface area contributed by atoms with Gasteiger partial charge < -0.3 is 56.2 Å². The molecule has 0 spiro atoms. The summed E-state index contributed by atoms with van der Waals surface area (Å²) in [4.78, 5) is 68.1. The van der Waals surface area contributed by atoms with E-state index >= 15 is 0 Å². The van der Waals surface area contributed by atoms with Crippen LogP contribution < -0.4 is 38.4 Å². The number of hydrogen-bond acceptors (Lipinski definition) is 12. The Labute approximate surface area is 122 Å². The van der Waals surface area contributed by atoms with Crippen molar-refractivity contribution in [2.75, 3.05) is 0 Å². The van der Waals surface area contributed by atoms with Gasteiger partial charge in [0.15, 0.2) is 0 Å². The van der Waals surface area contributed by atoms with Crippen LogP contribution in [0.15, 0.2) is 0 Å². The zero-order valence-electron chi connectivity index (χ0n) is 7.90. The van der Waals surface area contributed by atoms with E-state index in [1.165, 1.54) is 0 Å². The molecule has 0 bridgehead atoms. The van der Waals surface area contributed by atoms with Crippen molar-refractivity contribution < 1.29 is 77.9 Å². The number of rotatable bonds is 0. The first-order chi connectivity index (χ1) is 6.93. The van der Waals surface area contributed by atoms with Crippen LogP contribution >= 0.6 is 0 Å². The Hall–Kier alpha value is -0.818. The standard InChI is InChI=1S/C.4O3Si.Ti/c;4*1-4(2)3;/q+4;4*-2;+4. The SMILES string of the molecule is O=[Si]([O-])[O-].O=[Si]([O-])[O-].O=[Si]([O-])[O-].O=[Si]([O-])[O-].[C+4].[Ti+4]. The molecule has 0 radical (unpaired) electrons. The van der Waals surface area contributed by atoms with Crippen LogP contribution in [0, 0.1) is 7.43 Å². The van der Waals surface area contributed by atoms with Crippen molar-refractivity contribution in [2.45, 2.75) is 0 Å². The van der Waals surface area contributed by atoms with Gasteiger partial charge in [-0.2, -0.15) is 0 Å². The average Bonchev–Trinajstić information content (AvgIpc) is 1.76. The van der Waals surface area contributed by atoms with Gasteiger partial charge in [0, 0.05) is 36.7 Å². The third kappa shape index (κ3) is 4560. The van der Waals surface area contributed by atoms with Gasteiger partial charge in [-0.15, -0.1) is 0 Å². The van der Waals surface area contributed by atoms with E-state index in [2.05, 4.69) is 0 Å². The quantitative estimate of drug-likeness (QED) is 0.363. The molecule has 0 aromatic rings.